The van der Waals surface area contributed by atoms with E-state index >= 15 is 0 Å². The van der Waals surface area contributed by atoms with Gasteiger partial charge in [0.25, 0.3) is 0 Å². The zero-order valence-corrected chi connectivity index (χ0v) is 22.9. The second-order valence-corrected chi connectivity index (χ2v) is 8.42. The van der Waals surface area contributed by atoms with Gasteiger partial charge in [-0.2, -0.15) is 15.2 Å². The molecule has 0 bridgehead atoms. The van der Waals surface area contributed by atoms with Gasteiger partial charge in [-0.3, -0.25) is 4.98 Å². The topological polar surface area (TPSA) is 140 Å². The zero-order valence-electron chi connectivity index (χ0n) is 22.9. The van der Waals surface area contributed by atoms with E-state index in [0.29, 0.717) is 11.3 Å². The summed E-state index contributed by atoms with van der Waals surface area (Å²) in [5, 5.41) is 21.5. The Morgan fingerprint density at radius 3 is 2.19 bits per heavy atom. The lowest BCUT2D eigenvalue weighted by molar-refractivity contribution is 0.000669. The lowest BCUT2D eigenvalue weighted by atomic mass is 9.83. The van der Waals surface area contributed by atoms with Gasteiger partial charge in [-0.25, -0.2) is 13.3 Å². The van der Waals surface area contributed by atoms with E-state index in [1.165, 1.54) is 26.2 Å². The Morgan fingerprint density at radius 1 is 1.08 bits per heavy atom. The fourth-order valence-corrected chi connectivity index (χ4v) is 3.76. The molecule has 4 rings (SSSR count). The number of nitrogens with two attached hydrogens (primary N) is 2. The number of azo groups is 1. The van der Waals surface area contributed by atoms with Crippen molar-refractivity contribution in [3.63, 3.8) is 0 Å². The van der Waals surface area contributed by atoms with Crippen molar-refractivity contribution in [3.8, 4) is 11.3 Å². The van der Waals surface area contributed by atoms with Crippen molar-refractivity contribution in [1.29, 1.82) is 0 Å². The van der Waals surface area contributed by atoms with Crippen LogP contribution in [-0.2, 0) is 0 Å². The molecule has 0 unspecified atom stereocenters. The molecule has 1 aliphatic carbocycles. The van der Waals surface area contributed by atoms with Gasteiger partial charge in [-0.05, 0) is 44.4 Å². The van der Waals surface area contributed by atoms with Crippen LogP contribution in [0.2, 0.25) is 0 Å². The Balaban J connectivity index is 0.000000354. The minimum absolute atomic E-state index is 0.0278. The molecule has 0 aliphatic heterocycles. The Hall–Kier alpha value is -3.21. The third-order valence-corrected chi connectivity index (χ3v) is 5.85. The second kappa shape index (κ2) is 15.8. The maximum atomic E-state index is 10.8. The van der Waals surface area contributed by atoms with E-state index in [-0.39, 0.29) is 18.0 Å². The standard InChI is InChI=1S/C13H14N8.C8H16O.C3H6F2.C2H6/c1-7-9(19-16-2)3-4-10(17-7)8-5-6-21-11(8)12(14)18-13(15)20-21;1-2-8(9)6-4-3-5-7-8;1-2-3(4)5;1-2/h3-6H,1-2H3,(H4,14,15,18,20);9H,2-7H2,1H3;3H,2H2,1H3;1-2H3. The van der Waals surface area contributed by atoms with Crippen molar-refractivity contribution in [2.75, 3.05) is 18.5 Å². The predicted molar refractivity (Wildman–Crippen MR) is 146 cm³/mol. The van der Waals surface area contributed by atoms with Crippen LogP contribution in [0.25, 0.3) is 16.8 Å². The van der Waals surface area contributed by atoms with Gasteiger partial charge in [-0.15, -0.1) is 5.10 Å². The van der Waals surface area contributed by atoms with Crippen molar-refractivity contribution in [3.05, 3.63) is 30.1 Å². The molecule has 5 N–H and O–H groups in total. The van der Waals surface area contributed by atoms with E-state index in [1.54, 1.807) is 17.8 Å². The first-order chi connectivity index (χ1) is 17.6. The lowest BCUT2D eigenvalue weighted by Crippen LogP contribution is -2.29. The Kier molecular flexibility index (Phi) is 13.6. The molecule has 0 radical (unpaired) electrons. The van der Waals surface area contributed by atoms with E-state index in [0.717, 1.165) is 41.9 Å². The molecule has 0 aromatic carbocycles. The highest BCUT2D eigenvalue weighted by Gasteiger charge is 2.26. The van der Waals surface area contributed by atoms with E-state index in [9.17, 15) is 13.9 Å². The zero-order chi connectivity index (χ0) is 28.0. The van der Waals surface area contributed by atoms with Crippen LogP contribution in [0.4, 0.5) is 26.2 Å². The lowest BCUT2D eigenvalue weighted by Gasteiger charge is -2.30. The van der Waals surface area contributed by atoms with Gasteiger partial charge in [0.1, 0.15) is 11.2 Å². The molecule has 3 heterocycles. The highest BCUT2D eigenvalue weighted by Crippen LogP contribution is 2.30. The highest BCUT2D eigenvalue weighted by atomic mass is 19.3. The minimum Gasteiger partial charge on any atom is -0.390 e. The number of alkyl halides is 2. The Labute approximate surface area is 218 Å². The van der Waals surface area contributed by atoms with Crippen molar-refractivity contribution in [2.45, 2.75) is 91.6 Å². The minimum atomic E-state index is -2.12. The normalized spacial score (nSPS) is 14.3. The number of aryl methyl sites for hydroxylation is 1. The van der Waals surface area contributed by atoms with Crippen LogP contribution >= 0.6 is 0 Å². The summed E-state index contributed by atoms with van der Waals surface area (Å²) in [5.41, 5.74) is 15.1. The maximum absolute atomic E-state index is 10.8. The van der Waals surface area contributed by atoms with Gasteiger partial charge >= 0.3 is 0 Å². The molecule has 1 aliphatic rings. The van der Waals surface area contributed by atoms with Crippen LogP contribution in [0.15, 0.2) is 34.6 Å². The van der Waals surface area contributed by atoms with Crippen molar-refractivity contribution < 1.29 is 13.9 Å². The average molecular weight is 521 g/mol. The number of hydrogen-bond donors (Lipinski definition) is 3. The summed E-state index contributed by atoms with van der Waals surface area (Å²) in [5.74, 6) is 0.448. The third kappa shape index (κ3) is 9.64. The molecule has 1 fully saturated rings. The molecule has 0 atom stereocenters. The monoisotopic (exact) mass is 520 g/mol. The SMILES string of the molecule is CC.CCC(F)F.CCC1(O)CCCCC1.CN=Nc1ccc(-c2ccn3nc(N)nc(N)c23)nc1C. The van der Waals surface area contributed by atoms with Crippen LogP contribution in [0.1, 0.15) is 78.3 Å². The van der Waals surface area contributed by atoms with E-state index in [1.807, 2.05) is 39.0 Å². The summed E-state index contributed by atoms with van der Waals surface area (Å²) >= 11 is 0. The van der Waals surface area contributed by atoms with Crippen LogP contribution in [0.3, 0.4) is 0 Å². The van der Waals surface area contributed by atoms with Gasteiger partial charge in [0.05, 0.1) is 17.0 Å². The van der Waals surface area contributed by atoms with Crippen molar-refractivity contribution in [1.82, 2.24) is 19.6 Å². The fourth-order valence-electron chi connectivity index (χ4n) is 3.76. The summed E-state index contributed by atoms with van der Waals surface area (Å²) in [6, 6.07) is 5.60. The molecule has 37 heavy (non-hydrogen) atoms. The Morgan fingerprint density at radius 2 is 1.70 bits per heavy atom. The van der Waals surface area contributed by atoms with E-state index in [2.05, 4.69) is 32.2 Å². The summed E-state index contributed by atoms with van der Waals surface area (Å²) in [7, 11) is 1.62. The summed E-state index contributed by atoms with van der Waals surface area (Å²) in [6.07, 6.45) is 6.40. The molecule has 0 spiro atoms. The molecule has 0 saturated heterocycles. The number of anilines is 2. The molecule has 11 heteroatoms. The van der Waals surface area contributed by atoms with Gasteiger partial charge in [0.15, 0.2) is 5.82 Å². The summed E-state index contributed by atoms with van der Waals surface area (Å²) in [4.78, 5) is 8.53. The van der Waals surface area contributed by atoms with Crippen molar-refractivity contribution in [2.24, 2.45) is 10.2 Å². The van der Waals surface area contributed by atoms with Gasteiger partial charge in [0, 0.05) is 25.2 Å². The molecule has 0 amide bonds. The smallest absolute Gasteiger partial charge is 0.240 e. The molecular formula is C26H42F2N8O. The molecule has 9 nitrogen and oxygen atoms in total. The first kappa shape index (κ1) is 31.8. The highest BCUT2D eigenvalue weighted by molar-refractivity contribution is 5.86. The van der Waals surface area contributed by atoms with Gasteiger partial charge in [-0.1, -0.05) is 47.0 Å². The molecule has 206 valence electrons. The third-order valence-electron chi connectivity index (χ3n) is 5.85. The number of nitrogens with zero attached hydrogens (tertiary/aromatic N) is 6. The largest absolute Gasteiger partial charge is 0.390 e. The van der Waals surface area contributed by atoms with Crippen molar-refractivity contribution >= 4 is 23.0 Å². The number of rotatable bonds is 4. The first-order valence-electron chi connectivity index (χ1n) is 12.8. The summed E-state index contributed by atoms with van der Waals surface area (Å²) < 4.78 is 23.1. The number of halogens is 2. The van der Waals surface area contributed by atoms with E-state index in [4.69, 9.17) is 11.5 Å². The number of aliphatic hydroxyl groups is 1. The maximum Gasteiger partial charge on any atom is 0.240 e. The number of hydrogen-bond acceptors (Lipinski definition) is 8. The Bertz CT molecular complexity index is 1110. The van der Waals surface area contributed by atoms with Gasteiger partial charge in [0.2, 0.25) is 12.4 Å². The predicted octanol–water partition coefficient (Wildman–Crippen LogP) is 6.76. The van der Waals surface area contributed by atoms with Crippen LogP contribution in [-0.4, -0.2) is 43.8 Å². The molecule has 3 aromatic heterocycles. The summed E-state index contributed by atoms with van der Waals surface area (Å²) in [6.45, 7) is 9.40. The molecular weight excluding hydrogens is 478 g/mol. The second-order valence-electron chi connectivity index (χ2n) is 8.42. The number of fused-ring (bicyclic) bond motifs is 1. The first-order valence-corrected chi connectivity index (χ1v) is 12.8. The van der Waals surface area contributed by atoms with Gasteiger partial charge < -0.3 is 16.6 Å². The van der Waals surface area contributed by atoms with Crippen LogP contribution in [0, 0.1) is 6.92 Å². The number of nitrogen functional groups attached to an aromatic ring is 2. The van der Waals surface area contributed by atoms with Crippen LogP contribution < -0.4 is 11.5 Å². The quantitative estimate of drug-likeness (QED) is 0.325. The van der Waals surface area contributed by atoms with E-state index < -0.39 is 6.43 Å². The molecule has 1 saturated carbocycles. The van der Waals surface area contributed by atoms with Crippen LogP contribution in [0.5, 0.6) is 0 Å². The fraction of sp³-hybridized carbons (Fsp3) is 0.577. The number of aromatic nitrogens is 4. The number of pyridine rings is 1. The molecule has 3 aromatic rings. The average Bonchev–Trinajstić information content (AvgIpc) is 3.32.